The number of hydrogen-bond acceptors (Lipinski definition) is 6. The van der Waals surface area contributed by atoms with Crippen LogP contribution in [0.15, 0.2) is 40.6 Å². The molecule has 0 spiro atoms. The van der Waals surface area contributed by atoms with Crippen molar-refractivity contribution >= 4 is 28.7 Å². The third-order valence-electron chi connectivity index (χ3n) is 2.59. The van der Waals surface area contributed by atoms with Gasteiger partial charge in [-0.25, -0.2) is 15.0 Å². The van der Waals surface area contributed by atoms with Crippen LogP contribution in [-0.2, 0) is 0 Å². The Morgan fingerprint density at radius 3 is 3.00 bits per heavy atom. The lowest BCUT2D eigenvalue weighted by Gasteiger charge is -2.00. The van der Waals surface area contributed by atoms with Crippen molar-refractivity contribution in [3.8, 4) is 5.75 Å². The molecule has 0 atom stereocenters. The first-order valence-corrected chi connectivity index (χ1v) is 6.95. The van der Waals surface area contributed by atoms with E-state index in [9.17, 15) is 0 Å². The first-order chi connectivity index (χ1) is 9.74. The van der Waals surface area contributed by atoms with Gasteiger partial charge in [0.1, 0.15) is 10.8 Å². The second kappa shape index (κ2) is 5.38. The number of fused-ring (bicyclic) bond motifs is 1. The molecule has 1 aromatic carbocycles. The standard InChI is InChI=1S/C13H13N5OS/c1-2-19-8-3-4-9-10(7-8)17-13(16-9)20-11-5-6-15-12(14)18-11/h3-7H,2H2,1H3,(H,16,17)(H2,14,15,18). The van der Waals surface area contributed by atoms with Gasteiger partial charge < -0.3 is 15.5 Å². The lowest BCUT2D eigenvalue weighted by molar-refractivity contribution is 0.340. The van der Waals surface area contributed by atoms with Crippen LogP contribution >= 0.6 is 11.8 Å². The number of rotatable bonds is 4. The van der Waals surface area contributed by atoms with Crippen molar-refractivity contribution in [2.75, 3.05) is 12.3 Å². The highest BCUT2D eigenvalue weighted by molar-refractivity contribution is 7.99. The topological polar surface area (TPSA) is 89.7 Å². The zero-order valence-electron chi connectivity index (χ0n) is 10.8. The van der Waals surface area contributed by atoms with E-state index in [2.05, 4.69) is 19.9 Å². The first-order valence-electron chi connectivity index (χ1n) is 6.13. The van der Waals surface area contributed by atoms with Crippen molar-refractivity contribution in [3.63, 3.8) is 0 Å². The normalized spacial score (nSPS) is 10.8. The van der Waals surface area contributed by atoms with E-state index in [0.717, 1.165) is 27.0 Å². The molecule has 7 heteroatoms. The third-order valence-corrected chi connectivity index (χ3v) is 3.42. The highest BCUT2D eigenvalue weighted by atomic mass is 32.2. The zero-order chi connectivity index (χ0) is 13.9. The quantitative estimate of drug-likeness (QED) is 0.716. The van der Waals surface area contributed by atoms with Crippen molar-refractivity contribution in [3.05, 3.63) is 30.5 Å². The second-order valence-electron chi connectivity index (χ2n) is 4.01. The molecule has 0 aliphatic heterocycles. The van der Waals surface area contributed by atoms with Gasteiger partial charge in [-0.1, -0.05) is 0 Å². The molecule has 3 aromatic rings. The molecule has 0 saturated carbocycles. The lowest BCUT2D eigenvalue weighted by Crippen LogP contribution is -1.94. The molecule has 0 bridgehead atoms. The van der Waals surface area contributed by atoms with Gasteiger partial charge in [0, 0.05) is 12.3 Å². The maximum atomic E-state index is 5.56. The molecule has 0 fully saturated rings. The number of anilines is 1. The highest BCUT2D eigenvalue weighted by Crippen LogP contribution is 2.27. The number of aromatic amines is 1. The van der Waals surface area contributed by atoms with Crippen LogP contribution in [0.2, 0.25) is 0 Å². The van der Waals surface area contributed by atoms with Crippen molar-refractivity contribution in [2.24, 2.45) is 0 Å². The predicted octanol–water partition coefficient (Wildman–Crippen LogP) is 2.48. The largest absolute Gasteiger partial charge is 0.494 e. The fourth-order valence-electron chi connectivity index (χ4n) is 1.78. The molecule has 6 nitrogen and oxygen atoms in total. The molecule has 3 N–H and O–H groups in total. The SMILES string of the molecule is CCOc1ccc2nc(Sc3ccnc(N)n3)[nH]c2c1. The van der Waals surface area contributed by atoms with Gasteiger partial charge in [-0.3, -0.25) is 0 Å². The summed E-state index contributed by atoms with van der Waals surface area (Å²) in [4.78, 5) is 15.7. The third kappa shape index (κ3) is 2.67. The van der Waals surface area contributed by atoms with Crippen LogP contribution in [0.4, 0.5) is 5.95 Å². The Kier molecular flexibility index (Phi) is 3.42. The summed E-state index contributed by atoms with van der Waals surface area (Å²) < 4.78 is 5.47. The smallest absolute Gasteiger partial charge is 0.221 e. The van der Waals surface area contributed by atoms with Gasteiger partial charge in [-0.2, -0.15) is 0 Å². The van der Waals surface area contributed by atoms with Gasteiger partial charge in [0.2, 0.25) is 5.95 Å². The number of nitrogen functional groups attached to an aromatic ring is 1. The molecule has 0 aliphatic rings. The molecule has 3 rings (SSSR count). The second-order valence-corrected chi connectivity index (χ2v) is 5.02. The molecule has 0 saturated heterocycles. The van der Waals surface area contributed by atoms with Gasteiger partial charge in [0.15, 0.2) is 5.16 Å². The Morgan fingerprint density at radius 2 is 2.20 bits per heavy atom. The number of nitrogens with zero attached hydrogens (tertiary/aromatic N) is 3. The highest BCUT2D eigenvalue weighted by Gasteiger charge is 2.07. The fraction of sp³-hybridized carbons (Fsp3) is 0.154. The molecule has 0 radical (unpaired) electrons. The Hall–Kier alpha value is -2.28. The summed E-state index contributed by atoms with van der Waals surface area (Å²) in [6.45, 7) is 2.60. The summed E-state index contributed by atoms with van der Waals surface area (Å²) in [5, 5.41) is 1.51. The minimum atomic E-state index is 0.254. The van der Waals surface area contributed by atoms with Gasteiger partial charge >= 0.3 is 0 Å². The minimum absolute atomic E-state index is 0.254. The number of H-pyrrole nitrogens is 1. The van der Waals surface area contributed by atoms with E-state index in [1.807, 2.05) is 25.1 Å². The summed E-state index contributed by atoms with van der Waals surface area (Å²) in [6.07, 6.45) is 1.63. The predicted molar refractivity (Wildman–Crippen MR) is 77.8 cm³/mol. The number of nitrogens with one attached hydrogen (secondary N) is 1. The molecule has 0 aliphatic carbocycles. The minimum Gasteiger partial charge on any atom is -0.494 e. The number of hydrogen-bond donors (Lipinski definition) is 2. The van der Waals surface area contributed by atoms with E-state index < -0.39 is 0 Å². The monoisotopic (exact) mass is 287 g/mol. The number of imidazole rings is 1. The van der Waals surface area contributed by atoms with Crippen molar-refractivity contribution in [1.29, 1.82) is 0 Å². The van der Waals surface area contributed by atoms with Gasteiger partial charge in [-0.05, 0) is 36.9 Å². The Balaban J connectivity index is 1.89. The molecule has 0 amide bonds. The van der Waals surface area contributed by atoms with Crippen LogP contribution in [0, 0.1) is 0 Å². The van der Waals surface area contributed by atoms with Gasteiger partial charge in [0.25, 0.3) is 0 Å². The average Bonchev–Trinajstić information content (AvgIpc) is 2.80. The Bertz CT molecular complexity index is 742. The van der Waals surface area contributed by atoms with E-state index in [0.29, 0.717) is 6.61 Å². The molecule has 20 heavy (non-hydrogen) atoms. The summed E-state index contributed by atoms with van der Waals surface area (Å²) in [5.41, 5.74) is 7.38. The summed E-state index contributed by atoms with van der Waals surface area (Å²) in [7, 11) is 0. The maximum absolute atomic E-state index is 5.56. The summed E-state index contributed by atoms with van der Waals surface area (Å²) in [5.74, 6) is 1.08. The van der Waals surface area contributed by atoms with E-state index in [-0.39, 0.29) is 5.95 Å². The average molecular weight is 287 g/mol. The van der Waals surface area contributed by atoms with E-state index >= 15 is 0 Å². The Labute approximate surface area is 119 Å². The fourth-order valence-corrected chi connectivity index (χ4v) is 2.55. The molecular weight excluding hydrogens is 274 g/mol. The van der Waals surface area contributed by atoms with Crippen LogP contribution in [-0.4, -0.2) is 26.5 Å². The van der Waals surface area contributed by atoms with Crippen molar-refractivity contribution < 1.29 is 4.74 Å². The first kappa shape index (κ1) is 12.7. The molecule has 102 valence electrons. The van der Waals surface area contributed by atoms with E-state index in [1.165, 1.54) is 11.8 Å². The van der Waals surface area contributed by atoms with Crippen LogP contribution in [0.1, 0.15) is 6.92 Å². The van der Waals surface area contributed by atoms with Gasteiger partial charge in [-0.15, -0.1) is 0 Å². The van der Waals surface area contributed by atoms with E-state index in [4.69, 9.17) is 10.5 Å². The van der Waals surface area contributed by atoms with Crippen molar-refractivity contribution in [1.82, 2.24) is 19.9 Å². The van der Waals surface area contributed by atoms with Crippen LogP contribution in [0.25, 0.3) is 11.0 Å². The van der Waals surface area contributed by atoms with Gasteiger partial charge in [0.05, 0.1) is 17.6 Å². The number of aromatic nitrogens is 4. The van der Waals surface area contributed by atoms with Crippen LogP contribution in [0.5, 0.6) is 5.75 Å². The zero-order valence-corrected chi connectivity index (χ0v) is 11.6. The molecule has 2 heterocycles. The molecule has 2 aromatic heterocycles. The maximum Gasteiger partial charge on any atom is 0.221 e. The summed E-state index contributed by atoms with van der Waals surface area (Å²) in [6, 6.07) is 7.56. The molecular formula is C13H13N5OS. The number of ether oxygens (including phenoxy) is 1. The number of benzene rings is 1. The number of nitrogens with two attached hydrogens (primary N) is 1. The Morgan fingerprint density at radius 1 is 1.30 bits per heavy atom. The van der Waals surface area contributed by atoms with Crippen LogP contribution in [0.3, 0.4) is 0 Å². The van der Waals surface area contributed by atoms with Crippen molar-refractivity contribution in [2.45, 2.75) is 17.1 Å². The van der Waals surface area contributed by atoms with Crippen LogP contribution < -0.4 is 10.5 Å². The molecule has 0 unspecified atom stereocenters. The lowest BCUT2D eigenvalue weighted by atomic mass is 10.3. The summed E-state index contributed by atoms with van der Waals surface area (Å²) >= 11 is 1.41. The van der Waals surface area contributed by atoms with E-state index in [1.54, 1.807) is 12.3 Å².